The Labute approximate surface area is 345 Å². The number of ether oxygens (including phenoxy) is 1. The van der Waals surface area contributed by atoms with Crippen molar-refractivity contribution in [3.63, 3.8) is 0 Å². The quantitative estimate of drug-likeness (QED) is 0.118. The maximum atomic E-state index is 17.5. The van der Waals surface area contributed by atoms with Crippen molar-refractivity contribution in [3.05, 3.63) is 108 Å². The van der Waals surface area contributed by atoms with Gasteiger partial charge in [0.25, 0.3) is 0 Å². The fraction of sp³-hybridized carbons (Fsp3) is 0.419. The van der Waals surface area contributed by atoms with Crippen LogP contribution in [0.1, 0.15) is 63.5 Å². The van der Waals surface area contributed by atoms with Crippen LogP contribution in [0.3, 0.4) is 0 Å². The molecule has 5 aliphatic rings. The number of carbonyl (C=O) groups excluding carboxylic acids is 3. The van der Waals surface area contributed by atoms with Gasteiger partial charge in [-0.1, -0.05) is 74.0 Å². The Kier molecular flexibility index (Phi) is 10.6. The van der Waals surface area contributed by atoms with Crippen LogP contribution in [0, 0.1) is 28.6 Å². The highest BCUT2D eigenvalue weighted by Gasteiger charge is 2.75. The lowest BCUT2D eigenvalue weighted by Gasteiger charge is -2.62. The van der Waals surface area contributed by atoms with Crippen molar-refractivity contribution in [1.29, 1.82) is 0 Å². The Balaban J connectivity index is 0.864. The maximum absolute atomic E-state index is 17.5. The van der Waals surface area contributed by atoms with E-state index in [-0.39, 0.29) is 49.0 Å². The van der Waals surface area contributed by atoms with Gasteiger partial charge in [-0.3, -0.25) is 24.3 Å². The summed E-state index contributed by atoms with van der Waals surface area (Å²) in [6, 6.07) is 20.8. The first-order valence-corrected chi connectivity index (χ1v) is 22.7. The third-order valence-corrected chi connectivity index (χ3v) is 16.4. The Bertz CT molecular complexity index is 2380. The molecule has 2 unspecified atom stereocenters. The van der Waals surface area contributed by atoms with Gasteiger partial charge < -0.3 is 24.4 Å². The smallest absolute Gasteiger partial charge is 0.448 e. The van der Waals surface area contributed by atoms with Crippen LogP contribution >= 0.6 is 15.6 Å². The zero-order chi connectivity index (χ0) is 43.0. The van der Waals surface area contributed by atoms with Gasteiger partial charge >= 0.3 is 21.7 Å². The molecule has 0 aromatic heterocycles. The van der Waals surface area contributed by atoms with E-state index >= 15 is 4.39 Å². The molecule has 0 bridgehead atoms. The van der Waals surface area contributed by atoms with Gasteiger partial charge in [0.2, 0.25) is 0 Å². The number of aliphatic hydroxyl groups is 2. The number of aliphatic hydroxyl groups excluding tert-OH is 1. The molecule has 0 heterocycles. The largest absolute Gasteiger partial charge is 0.536 e. The number of carbonyl (C=O) groups is 3. The number of hydrogen-bond acceptors (Lipinski definition) is 11. The monoisotopic (exact) mass is 865 g/mol. The zero-order valence-electron chi connectivity index (χ0n) is 33.0. The number of halogens is 1. The number of alkyl halides is 1. The van der Waals surface area contributed by atoms with E-state index in [1.54, 1.807) is 20.8 Å². The third kappa shape index (κ3) is 6.84. The number of benzene rings is 3. The molecule has 318 valence electrons. The average molecular weight is 866 g/mol. The van der Waals surface area contributed by atoms with Crippen LogP contribution in [0.2, 0.25) is 0 Å². The second kappa shape index (κ2) is 15.0. The molecule has 3 fully saturated rings. The number of Topliss-reactive ketones (excluding diaryl/α,β-unsaturated/α-hetero) is 1. The van der Waals surface area contributed by atoms with Gasteiger partial charge in [0.1, 0.15) is 24.6 Å². The van der Waals surface area contributed by atoms with E-state index in [9.17, 15) is 43.5 Å². The van der Waals surface area contributed by atoms with Crippen molar-refractivity contribution >= 4 is 39.0 Å². The summed E-state index contributed by atoms with van der Waals surface area (Å²) >= 11 is 0. The lowest BCUT2D eigenvalue weighted by Crippen LogP contribution is -2.69. The number of nitrogens with one attached hydrogen (secondary N) is 1. The number of phosphoric ester groups is 2. The van der Waals surface area contributed by atoms with Gasteiger partial charge in [-0.05, 0) is 103 Å². The van der Waals surface area contributed by atoms with Crippen molar-refractivity contribution in [2.24, 2.45) is 28.6 Å². The van der Waals surface area contributed by atoms with E-state index in [2.05, 4.69) is 9.63 Å². The van der Waals surface area contributed by atoms with Crippen LogP contribution in [-0.2, 0) is 32.3 Å². The van der Waals surface area contributed by atoms with Crippen LogP contribution in [0.25, 0.3) is 11.1 Å². The number of allylic oxidation sites excluding steroid dienone is 4. The normalized spacial score (nSPS) is 33.5. The molecule has 5 aliphatic carbocycles. The molecule has 14 nitrogen and oxygen atoms in total. The number of hydrogen-bond donors (Lipinski definition) is 5. The molecule has 0 saturated heterocycles. The van der Waals surface area contributed by atoms with Crippen molar-refractivity contribution in [2.75, 3.05) is 18.5 Å². The number of ketones is 2. The second-order valence-corrected chi connectivity index (χ2v) is 19.9. The van der Waals surface area contributed by atoms with Gasteiger partial charge in [-0.25, -0.2) is 18.3 Å². The molecule has 5 N–H and O–H groups in total. The molecule has 3 aromatic carbocycles. The Hall–Kier alpha value is -4.30. The van der Waals surface area contributed by atoms with Gasteiger partial charge in [0.05, 0.1) is 6.10 Å². The Morgan fingerprint density at radius 3 is 2.22 bits per heavy atom. The van der Waals surface area contributed by atoms with Crippen molar-refractivity contribution in [2.45, 2.75) is 69.7 Å². The minimum absolute atomic E-state index is 0.0730. The Morgan fingerprint density at radius 2 is 1.57 bits per heavy atom. The molecule has 0 spiro atoms. The first-order chi connectivity index (χ1) is 28.2. The van der Waals surface area contributed by atoms with E-state index in [0.29, 0.717) is 12.0 Å². The van der Waals surface area contributed by atoms with Gasteiger partial charge in [0, 0.05) is 28.4 Å². The fourth-order valence-corrected chi connectivity index (χ4v) is 13.1. The zero-order valence-corrected chi connectivity index (χ0v) is 34.8. The number of phosphoric acid groups is 2. The summed E-state index contributed by atoms with van der Waals surface area (Å²) in [5, 5.41) is 26.3. The van der Waals surface area contributed by atoms with Crippen molar-refractivity contribution in [1.82, 2.24) is 0 Å². The number of fused-ring (bicyclic) bond motifs is 8. The first-order valence-electron chi connectivity index (χ1n) is 19.7. The average Bonchev–Trinajstić information content (AvgIpc) is 3.62. The molecule has 17 heteroatoms. The predicted octanol–water partition coefficient (Wildman–Crippen LogP) is 7.58. The standard InChI is InChI=1S/C43H46FNO13P2/c1-25-20-36-35-17-12-26-21-28(46)18-19-40(26,2)42(35,44)37(47)22-41(36,3)43(25,50)38(48)24-56-59(51,52)58-60(53,54)57-29-15-13-27(14-16-29)45-39(49)55-23-34-32-10-6-4-8-30(32)31-9-5-7-11-33(31)34/h4-11,13-16,18-19,21,25,34-37,47,50H,12,17,20,22-24H2,1-3H3,(H,45,49)(H,51,52)(H,53,54)/t25-,35+,36+,37+,40+,41+,42+,43+/m1/s1. The van der Waals surface area contributed by atoms with E-state index in [1.807, 2.05) is 48.5 Å². The highest BCUT2D eigenvalue weighted by molar-refractivity contribution is 7.61. The molecule has 3 aromatic rings. The Morgan fingerprint density at radius 1 is 0.933 bits per heavy atom. The summed E-state index contributed by atoms with van der Waals surface area (Å²) in [7, 11) is -10.9. The summed E-state index contributed by atoms with van der Waals surface area (Å²) in [6.07, 6.45) is 2.28. The molecular formula is C43H46FNO13P2. The van der Waals surface area contributed by atoms with Crippen molar-refractivity contribution in [3.8, 4) is 16.9 Å². The highest BCUT2D eigenvalue weighted by Crippen LogP contribution is 2.71. The van der Waals surface area contributed by atoms with E-state index in [0.717, 1.165) is 22.3 Å². The molecule has 1 amide bonds. The van der Waals surface area contributed by atoms with Crippen LogP contribution in [0.15, 0.2) is 96.6 Å². The van der Waals surface area contributed by atoms with E-state index < -0.39 is 80.1 Å². The molecule has 8 rings (SSSR count). The number of amides is 1. The topological polar surface area (TPSA) is 215 Å². The summed E-state index contributed by atoms with van der Waals surface area (Å²) in [5.41, 5.74) is -2.11. The summed E-state index contributed by atoms with van der Waals surface area (Å²) < 4.78 is 63.0. The van der Waals surface area contributed by atoms with Crippen molar-refractivity contribution < 1.29 is 66.0 Å². The molecule has 3 saturated carbocycles. The first kappa shape index (κ1) is 42.4. The van der Waals surface area contributed by atoms with Crippen LogP contribution in [0.5, 0.6) is 5.75 Å². The maximum Gasteiger partial charge on any atom is 0.536 e. The minimum Gasteiger partial charge on any atom is -0.448 e. The van der Waals surface area contributed by atoms with Crippen LogP contribution in [0.4, 0.5) is 14.9 Å². The lowest BCUT2D eigenvalue weighted by atomic mass is 9.44. The van der Waals surface area contributed by atoms with Gasteiger partial charge in [-0.15, -0.1) is 0 Å². The third-order valence-electron chi connectivity index (χ3n) is 13.9. The summed E-state index contributed by atoms with van der Waals surface area (Å²) in [5.74, 6) is -4.00. The molecular weight excluding hydrogens is 819 g/mol. The second-order valence-electron chi connectivity index (χ2n) is 16.9. The lowest BCUT2D eigenvalue weighted by molar-refractivity contribution is -0.219. The number of anilines is 1. The summed E-state index contributed by atoms with van der Waals surface area (Å²) in [4.78, 5) is 59.5. The SMILES string of the molecule is C[C@@H]1C[C@H]2[C@@H]3CCC4=CC(=O)C=C[C@]4(C)[C@@]3(F)[C@@H](O)C[C@]2(C)[C@@]1(O)C(=O)COP(=O)(O)OP(=O)(O)Oc1ccc(NC(=O)OCC2c3ccccc3-c3ccccc32)cc1. The fourth-order valence-electron chi connectivity index (χ4n) is 11.0. The minimum atomic E-state index is -5.51. The summed E-state index contributed by atoms with van der Waals surface area (Å²) in [6.45, 7) is 3.66. The van der Waals surface area contributed by atoms with E-state index in [1.165, 1.54) is 42.5 Å². The number of rotatable bonds is 11. The predicted molar refractivity (Wildman–Crippen MR) is 215 cm³/mol. The van der Waals surface area contributed by atoms with Crippen LogP contribution < -0.4 is 9.84 Å². The molecule has 60 heavy (non-hydrogen) atoms. The molecule has 0 radical (unpaired) electrons. The van der Waals surface area contributed by atoms with Crippen LogP contribution in [-0.4, -0.2) is 68.2 Å². The van der Waals surface area contributed by atoms with E-state index in [4.69, 9.17) is 13.8 Å². The highest BCUT2D eigenvalue weighted by atomic mass is 31.3. The van der Waals surface area contributed by atoms with Gasteiger partial charge in [-0.2, -0.15) is 4.31 Å². The van der Waals surface area contributed by atoms with Gasteiger partial charge in [0.15, 0.2) is 17.2 Å². The molecule has 10 atom stereocenters. The molecule has 0 aliphatic heterocycles.